The van der Waals surface area contributed by atoms with Crippen LogP contribution in [-0.4, -0.2) is 37.0 Å². The lowest BCUT2D eigenvalue weighted by Crippen LogP contribution is -2.51. The first-order chi connectivity index (χ1) is 15.3. The first-order valence-electron chi connectivity index (χ1n) is 11.2. The van der Waals surface area contributed by atoms with Gasteiger partial charge in [0.2, 0.25) is 0 Å². The number of aryl methyl sites for hydroxylation is 1. The van der Waals surface area contributed by atoms with E-state index in [2.05, 4.69) is 30.3 Å². The largest absolute Gasteiger partial charge is 0.381 e. The van der Waals surface area contributed by atoms with Gasteiger partial charge in [0, 0.05) is 19.6 Å². The molecule has 3 aliphatic rings. The fraction of sp³-hybridized carbons (Fsp3) is 0.423. The normalized spacial score (nSPS) is 28.8. The van der Waals surface area contributed by atoms with Crippen LogP contribution in [0.1, 0.15) is 47.9 Å². The van der Waals surface area contributed by atoms with Gasteiger partial charge in [0.1, 0.15) is 0 Å². The zero-order chi connectivity index (χ0) is 22.7. The van der Waals surface area contributed by atoms with Gasteiger partial charge in [-0.05, 0) is 85.0 Å². The van der Waals surface area contributed by atoms with Crippen molar-refractivity contribution in [2.45, 2.75) is 50.7 Å². The Hall–Kier alpha value is -3.17. The van der Waals surface area contributed by atoms with Crippen molar-refractivity contribution < 1.29 is 9.53 Å². The molecule has 0 saturated heterocycles. The predicted octanol–water partition coefficient (Wildman–Crippen LogP) is 3.65. The van der Waals surface area contributed by atoms with E-state index in [1.807, 2.05) is 19.1 Å². The molecule has 32 heavy (non-hydrogen) atoms. The summed E-state index contributed by atoms with van der Waals surface area (Å²) in [6.45, 7) is 1.99. The number of rotatable bonds is 2. The smallest absolute Gasteiger partial charge is 0.262 e. The molecule has 1 aliphatic heterocycles. The van der Waals surface area contributed by atoms with Crippen LogP contribution in [0.5, 0.6) is 0 Å². The quantitative estimate of drug-likeness (QED) is 0.790. The highest BCUT2D eigenvalue weighted by Crippen LogP contribution is 2.62. The summed E-state index contributed by atoms with van der Waals surface area (Å²) in [4.78, 5) is 20.2. The Morgan fingerprint density at radius 3 is 2.56 bits per heavy atom. The molecule has 2 aromatic carbocycles. The third-order valence-corrected chi connectivity index (χ3v) is 7.80. The number of carbonyl (C=O) groups is 1. The minimum Gasteiger partial charge on any atom is -0.381 e. The van der Waals surface area contributed by atoms with Gasteiger partial charge in [-0.25, -0.2) is 4.99 Å². The molecule has 2 N–H and O–H groups in total. The van der Waals surface area contributed by atoms with Crippen LogP contribution in [0.15, 0.2) is 41.4 Å². The second-order valence-corrected chi connectivity index (χ2v) is 9.51. The SMILES string of the molecule is COC1CCC2(CC1)Cc1ccc(-c3cc(C)cc(C#N)c3)cc1C21N=C(N)N(C)C1=O. The Bertz CT molecular complexity index is 1190. The molecule has 0 aromatic heterocycles. The summed E-state index contributed by atoms with van der Waals surface area (Å²) < 4.78 is 5.62. The van der Waals surface area contributed by atoms with Crippen molar-refractivity contribution in [3.8, 4) is 17.2 Å². The van der Waals surface area contributed by atoms with Crippen LogP contribution in [-0.2, 0) is 21.5 Å². The van der Waals surface area contributed by atoms with Crippen LogP contribution < -0.4 is 5.73 Å². The first-order valence-corrected chi connectivity index (χ1v) is 11.2. The first kappa shape index (κ1) is 20.7. The number of fused-ring (bicyclic) bond motifs is 3. The second kappa shape index (κ2) is 7.18. The number of carbonyl (C=O) groups excluding carboxylic acids is 1. The molecule has 1 amide bonds. The van der Waals surface area contributed by atoms with Crippen LogP contribution in [0, 0.1) is 23.7 Å². The summed E-state index contributed by atoms with van der Waals surface area (Å²) in [5.74, 6) is 0.243. The van der Waals surface area contributed by atoms with Crippen molar-refractivity contribution in [3.63, 3.8) is 0 Å². The number of likely N-dealkylation sites (N-methyl/N-ethyl adjacent to an activating group) is 1. The average molecular weight is 429 g/mol. The molecule has 0 radical (unpaired) electrons. The minimum atomic E-state index is -0.988. The Balaban J connectivity index is 1.68. The Kier molecular flexibility index (Phi) is 4.65. The highest BCUT2D eigenvalue weighted by atomic mass is 16.5. The lowest BCUT2D eigenvalue weighted by Gasteiger charge is -2.45. The number of hydrogen-bond acceptors (Lipinski definition) is 5. The van der Waals surface area contributed by atoms with Crippen molar-refractivity contribution in [3.05, 3.63) is 58.7 Å². The molecule has 6 nitrogen and oxygen atoms in total. The van der Waals surface area contributed by atoms with Crippen molar-refractivity contribution in [2.24, 2.45) is 16.1 Å². The number of amides is 1. The monoisotopic (exact) mass is 428 g/mol. The summed E-state index contributed by atoms with van der Waals surface area (Å²) in [5, 5.41) is 9.41. The van der Waals surface area contributed by atoms with Gasteiger partial charge in [-0.1, -0.05) is 18.2 Å². The molecule has 6 heteroatoms. The summed E-state index contributed by atoms with van der Waals surface area (Å²) in [6, 6.07) is 14.4. The molecule has 5 rings (SSSR count). The highest BCUT2D eigenvalue weighted by molar-refractivity contribution is 6.08. The van der Waals surface area contributed by atoms with E-state index < -0.39 is 5.54 Å². The molecular weight excluding hydrogens is 400 g/mol. The van der Waals surface area contributed by atoms with Crippen LogP contribution in [0.25, 0.3) is 11.1 Å². The second-order valence-electron chi connectivity index (χ2n) is 9.51. The van der Waals surface area contributed by atoms with Crippen LogP contribution >= 0.6 is 0 Å². The summed E-state index contributed by atoms with van der Waals surface area (Å²) >= 11 is 0. The van der Waals surface area contributed by atoms with E-state index in [-0.39, 0.29) is 23.4 Å². The van der Waals surface area contributed by atoms with E-state index in [1.54, 1.807) is 14.2 Å². The third kappa shape index (κ3) is 2.74. The molecule has 1 saturated carbocycles. The molecule has 1 fully saturated rings. The van der Waals surface area contributed by atoms with E-state index >= 15 is 0 Å². The molecule has 1 heterocycles. The van der Waals surface area contributed by atoms with Gasteiger partial charge >= 0.3 is 0 Å². The fourth-order valence-electron chi connectivity index (χ4n) is 6.12. The molecule has 164 valence electrons. The maximum absolute atomic E-state index is 13.8. The summed E-state index contributed by atoms with van der Waals surface area (Å²) in [6.07, 6.45) is 4.60. The number of hydrogen-bond donors (Lipinski definition) is 1. The lowest BCUT2D eigenvalue weighted by molar-refractivity contribution is -0.137. The minimum absolute atomic E-state index is 0.0382. The topological polar surface area (TPSA) is 91.7 Å². The number of nitriles is 1. The zero-order valence-corrected chi connectivity index (χ0v) is 18.8. The van der Waals surface area contributed by atoms with Gasteiger partial charge < -0.3 is 10.5 Å². The molecule has 2 spiro atoms. The third-order valence-electron chi connectivity index (χ3n) is 7.80. The maximum Gasteiger partial charge on any atom is 0.262 e. The molecule has 2 aromatic rings. The van der Waals surface area contributed by atoms with Crippen LogP contribution in [0.3, 0.4) is 0 Å². The molecular formula is C26H28N4O2. The summed E-state index contributed by atoms with van der Waals surface area (Å²) in [7, 11) is 3.47. The van der Waals surface area contributed by atoms with Crippen molar-refractivity contribution >= 4 is 11.9 Å². The average Bonchev–Trinajstić information content (AvgIpc) is 3.20. The van der Waals surface area contributed by atoms with Crippen molar-refractivity contribution in [1.29, 1.82) is 5.26 Å². The molecule has 1 unspecified atom stereocenters. The zero-order valence-electron chi connectivity index (χ0n) is 18.8. The van der Waals surface area contributed by atoms with Gasteiger partial charge in [0.15, 0.2) is 11.5 Å². The molecule has 0 bridgehead atoms. The van der Waals surface area contributed by atoms with Gasteiger partial charge in [-0.3, -0.25) is 9.69 Å². The number of nitrogens with zero attached hydrogens (tertiary/aromatic N) is 3. The van der Waals surface area contributed by atoms with Gasteiger partial charge in [-0.15, -0.1) is 0 Å². The number of methoxy groups -OCH3 is 1. The van der Waals surface area contributed by atoms with Crippen molar-refractivity contribution in [2.75, 3.05) is 14.2 Å². The van der Waals surface area contributed by atoms with E-state index in [0.717, 1.165) is 59.9 Å². The summed E-state index contributed by atoms with van der Waals surface area (Å²) in [5.41, 5.74) is 10.7. The fourth-order valence-corrected chi connectivity index (χ4v) is 6.12. The van der Waals surface area contributed by atoms with E-state index in [0.29, 0.717) is 5.56 Å². The van der Waals surface area contributed by atoms with E-state index in [9.17, 15) is 10.1 Å². The number of nitrogens with two attached hydrogens (primary N) is 1. The number of ether oxygens (including phenoxy) is 1. The molecule has 2 aliphatic carbocycles. The predicted molar refractivity (Wildman–Crippen MR) is 123 cm³/mol. The van der Waals surface area contributed by atoms with Gasteiger partial charge in [-0.2, -0.15) is 5.26 Å². The number of aliphatic imine (C=N–C) groups is 1. The number of guanidine groups is 1. The standard InChI is InChI=1S/C26H28N4O2/c1-16-10-17(15-27)12-20(11-16)18-4-5-19-14-25(8-6-21(32-3)7-9-25)26(22(19)13-18)23(31)30(2)24(28)29-26/h4-5,10-13,21H,6-9,14H2,1-3H3,(H2,28,29). The van der Waals surface area contributed by atoms with Crippen LogP contribution in [0.4, 0.5) is 0 Å². The van der Waals surface area contributed by atoms with Crippen molar-refractivity contribution in [1.82, 2.24) is 4.90 Å². The Morgan fingerprint density at radius 2 is 1.94 bits per heavy atom. The van der Waals surface area contributed by atoms with E-state index in [4.69, 9.17) is 15.5 Å². The lowest BCUT2D eigenvalue weighted by atomic mass is 9.61. The van der Waals surface area contributed by atoms with Gasteiger partial charge in [0.25, 0.3) is 5.91 Å². The molecule has 1 atom stereocenters. The van der Waals surface area contributed by atoms with Gasteiger partial charge in [0.05, 0.1) is 17.7 Å². The Morgan fingerprint density at radius 1 is 1.19 bits per heavy atom. The maximum atomic E-state index is 13.8. The highest BCUT2D eigenvalue weighted by Gasteiger charge is 2.66. The van der Waals surface area contributed by atoms with Crippen LogP contribution in [0.2, 0.25) is 0 Å². The number of benzene rings is 2. The Labute approximate surface area is 188 Å². The van der Waals surface area contributed by atoms with E-state index in [1.165, 1.54) is 4.90 Å².